The first-order valence-electron chi connectivity index (χ1n) is 6.52. The molecule has 2 nitrogen and oxygen atoms in total. The van der Waals surface area contributed by atoms with Crippen molar-refractivity contribution in [1.82, 2.24) is 0 Å². The third kappa shape index (κ3) is 3.74. The summed E-state index contributed by atoms with van der Waals surface area (Å²) in [6.07, 6.45) is 0. The van der Waals surface area contributed by atoms with Crippen LogP contribution in [0, 0.1) is 12.7 Å². The summed E-state index contributed by atoms with van der Waals surface area (Å²) in [5.74, 6) is 1.81. The Hall–Kier alpha value is -1.59. The smallest absolute Gasteiger partial charge is 0.138 e. The molecular formula is C16H16FNOS2. The largest absolute Gasteiger partial charge is 0.456 e. The number of halogens is 1. The molecule has 0 saturated carbocycles. The monoisotopic (exact) mass is 321 g/mol. The van der Waals surface area contributed by atoms with Crippen molar-refractivity contribution in [3.05, 3.63) is 53.3 Å². The van der Waals surface area contributed by atoms with Crippen LogP contribution in [0.4, 0.5) is 4.39 Å². The lowest BCUT2D eigenvalue weighted by atomic mass is 10.2. The molecule has 0 bridgehead atoms. The molecule has 2 rings (SSSR count). The molecule has 0 amide bonds. The van der Waals surface area contributed by atoms with Crippen molar-refractivity contribution in [1.29, 1.82) is 0 Å². The first kappa shape index (κ1) is 15.8. The van der Waals surface area contributed by atoms with Crippen LogP contribution in [-0.4, -0.2) is 10.7 Å². The molecule has 0 aliphatic rings. The van der Waals surface area contributed by atoms with Gasteiger partial charge in [0.05, 0.1) is 5.56 Å². The molecule has 0 atom stereocenters. The van der Waals surface area contributed by atoms with Gasteiger partial charge in [-0.3, -0.25) is 0 Å². The van der Waals surface area contributed by atoms with E-state index < -0.39 is 0 Å². The fourth-order valence-corrected chi connectivity index (χ4v) is 3.08. The topological polar surface area (TPSA) is 35.2 Å². The van der Waals surface area contributed by atoms with Gasteiger partial charge in [-0.15, -0.1) is 11.8 Å². The molecule has 2 aromatic rings. The summed E-state index contributed by atoms with van der Waals surface area (Å²) in [5.41, 5.74) is 7.28. The lowest BCUT2D eigenvalue weighted by Crippen LogP contribution is -2.12. The SMILES string of the molecule is CCSc1cccc(Oc2ccc(F)cc2C)c1C(N)=S. The average Bonchev–Trinajstić information content (AvgIpc) is 2.42. The maximum absolute atomic E-state index is 13.2. The minimum atomic E-state index is -0.287. The Bertz CT molecular complexity index is 673. The van der Waals surface area contributed by atoms with E-state index in [1.165, 1.54) is 12.1 Å². The van der Waals surface area contributed by atoms with Crippen LogP contribution in [0.2, 0.25) is 0 Å². The molecule has 2 aromatic carbocycles. The number of ether oxygens (including phenoxy) is 1. The van der Waals surface area contributed by atoms with Gasteiger partial charge in [0.1, 0.15) is 22.3 Å². The molecule has 110 valence electrons. The molecular weight excluding hydrogens is 305 g/mol. The quantitative estimate of drug-likeness (QED) is 0.641. The van der Waals surface area contributed by atoms with Crippen molar-refractivity contribution in [3.63, 3.8) is 0 Å². The zero-order valence-corrected chi connectivity index (χ0v) is 13.5. The molecule has 5 heteroatoms. The number of thioether (sulfide) groups is 1. The third-order valence-electron chi connectivity index (χ3n) is 2.89. The number of aryl methyl sites for hydroxylation is 1. The Kier molecular flexibility index (Phi) is 5.20. The highest BCUT2D eigenvalue weighted by atomic mass is 32.2. The molecule has 0 radical (unpaired) electrons. The summed E-state index contributed by atoms with van der Waals surface area (Å²) in [6.45, 7) is 3.86. The second kappa shape index (κ2) is 6.91. The molecule has 21 heavy (non-hydrogen) atoms. The molecule has 0 unspecified atom stereocenters. The number of benzene rings is 2. The van der Waals surface area contributed by atoms with Gasteiger partial charge >= 0.3 is 0 Å². The second-order valence-electron chi connectivity index (χ2n) is 4.44. The van der Waals surface area contributed by atoms with Crippen molar-refractivity contribution in [2.45, 2.75) is 18.7 Å². The molecule has 2 N–H and O–H groups in total. The Labute approximate surface area is 133 Å². The van der Waals surface area contributed by atoms with E-state index in [1.54, 1.807) is 24.8 Å². The normalized spacial score (nSPS) is 10.4. The van der Waals surface area contributed by atoms with E-state index >= 15 is 0 Å². The average molecular weight is 321 g/mol. The first-order chi connectivity index (χ1) is 10.0. The van der Waals surface area contributed by atoms with E-state index in [0.717, 1.165) is 21.8 Å². The number of hydrogen-bond acceptors (Lipinski definition) is 3. The van der Waals surface area contributed by atoms with Crippen molar-refractivity contribution in [3.8, 4) is 11.5 Å². The Morgan fingerprint density at radius 1 is 1.29 bits per heavy atom. The maximum atomic E-state index is 13.2. The van der Waals surface area contributed by atoms with Crippen LogP contribution in [0.25, 0.3) is 0 Å². The zero-order valence-electron chi connectivity index (χ0n) is 11.9. The van der Waals surface area contributed by atoms with E-state index in [1.807, 2.05) is 18.2 Å². The summed E-state index contributed by atoms with van der Waals surface area (Å²) >= 11 is 6.80. The van der Waals surface area contributed by atoms with E-state index in [2.05, 4.69) is 6.92 Å². The third-order valence-corrected chi connectivity index (χ3v) is 4.04. The van der Waals surface area contributed by atoms with Crippen molar-refractivity contribution in [2.75, 3.05) is 5.75 Å². The van der Waals surface area contributed by atoms with E-state index in [-0.39, 0.29) is 5.82 Å². The molecule has 0 spiro atoms. The summed E-state index contributed by atoms with van der Waals surface area (Å²) in [5, 5.41) is 0. The fourth-order valence-electron chi connectivity index (χ4n) is 1.96. The van der Waals surface area contributed by atoms with Crippen molar-refractivity contribution < 1.29 is 9.13 Å². The lowest BCUT2D eigenvalue weighted by Gasteiger charge is -2.15. The van der Waals surface area contributed by atoms with Crippen LogP contribution in [0.3, 0.4) is 0 Å². The molecule has 0 aliphatic heterocycles. The Morgan fingerprint density at radius 2 is 2.05 bits per heavy atom. The molecule has 0 heterocycles. The second-order valence-corrected chi connectivity index (χ2v) is 6.18. The van der Waals surface area contributed by atoms with Gasteiger partial charge in [0.15, 0.2) is 0 Å². The van der Waals surface area contributed by atoms with Gasteiger partial charge in [-0.25, -0.2) is 4.39 Å². The summed E-state index contributed by atoms with van der Waals surface area (Å²) < 4.78 is 19.1. The number of thiocarbonyl (C=S) groups is 1. The summed E-state index contributed by atoms with van der Waals surface area (Å²) in [6, 6.07) is 10.1. The van der Waals surface area contributed by atoms with Crippen LogP contribution < -0.4 is 10.5 Å². The van der Waals surface area contributed by atoms with Crippen LogP contribution >= 0.6 is 24.0 Å². The van der Waals surface area contributed by atoms with Crippen LogP contribution in [0.1, 0.15) is 18.1 Å². The predicted molar refractivity (Wildman–Crippen MR) is 89.9 cm³/mol. The minimum absolute atomic E-state index is 0.287. The standard InChI is InChI=1S/C16H16FNOS2/c1-3-21-14-6-4-5-13(15(14)16(18)20)19-12-8-7-11(17)9-10(12)2/h4-9H,3H2,1-2H3,(H2,18,20). The van der Waals surface area contributed by atoms with Gasteiger partial charge in [0.2, 0.25) is 0 Å². The molecule has 0 saturated heterocycles. The van der Waals surface area contributed by atoms with Gasteiger partial charge in [0, 0.05) is 4.90 Å². The van der Waals surface area contributed by atoms with E-state index in [9.17, 15) is 4.39 Å². The van der Waals surface area contributed by atoms with Gasteiger partial charge in [0.25, 0.3) is 0 Å². The summed E-state index contributed by atoms with van der Waals surface area (Å²) in [4.78, 5) is 1.28. The summed E-state index contributed by atoms with van der Waals surface area (Å²) in [7, 11) is 0. The van der Waals surface area contributed by atoms with Crippen LogP contribution in [-0.2, 0) is 0 Å². The fraction of sp³-hybridized carbons (Fsp3) is 0.188. The number of nitrogens with two attached hydrogens (primary N) is 1. The zero-order chi connectivity index (χ0) is 15.4. The van der Waals surface area contributed by atoms with Gasteiger partial charge in [-0.05, 0) is 48.6 Å². The first-order valence-corrected chi connectivity index (χ1v) is 7.92. The highest BCUT2D eigenvalue weighted by Gasteiger charge is 2.14. The van der Waals surface area contributed by atoms with Crippen LogP contribution in [0.5, 0.6) is 11.5 Å². The van der Waals surface area contributed by atoms with Gasteiger partial charge in [-0.1, -0.05) is 25.2 Å². The highest BCUT2D eigenvalue weighted by molar-refractivity contribution is 7.99. The number of rotatable bonds is 5. The predicted octanol–water partition coefficient (Wildman–Crippen LogP) is 4.67. The Balaban J connectivity index is 2.43. The van der Waals surface area contributed by atoms with Crippen LogP contribution in [0.15, 0.2) is 41.3 Å². The molecule has 0 aliphatic carbocycles. The Morgan fingerprint density at radius 3 is 2.67 bits per heavy atom. The highest BCUT2D eigenvalue weighted by Crippen LogP contribution is 2.34. The molecule has 0 fully saturated rings. The maximum Gasteiger partial charge on any atom is 0.138 e. The van der Waals surface area contributed by atoms with Crippen molar-refractivity contribution >= 4 is 29.0 Å². The van der Waals surface area contributed by atoms with Crippen molar-refractivity contribution in [2.24, 2.45) is 5.73 Å². The minimum Gasteiger partial charge on any atom is -0.456 e. The molecule has 0 aromatic heterocycles. The van der Waals surface area contributed by atoms with E-state index in [4.69, 9.17) is 22.7 Å². The lowest BCUT2D eigenvalue weighted by molar-refractivity contribution is 0.474. The van der Waals surface area contributed by atoms with Gasteiger partial charge < -0.3 is 10.5 Å². The number of hydrogen-bond donors (Lipinski definition) is 1. The van der Waals surface area contributed by atoms with Gasteiger partial charge in [-0.2, -0.15) is 0 Å². The van der Waals surface area contributed by atoms with E-state index in [0.29, 0.717) is 16.5 Å².